The van der Waals surface area contributed by atoms with E-state index in [1.54, 1.807) is 0 Å². The topological polar surface area (TPSA) is 51.8 Å². The Morgan fingerprint density at radius 1 is 1.25 bits per heavy atom. The standard InChI is InChI=1S/C10H6F6N4/c11-9(12,13)8(10(14,15)16)6(4-17)5-20-3-1-2-18-7(20)19-8/h1-3,6H,5H2. The van der Waals surface area contributed by atoms with Gasteiger partial charge in [0.2, 0.25) is 5.96 Å². The van der Waals surface area contributed by atoms with Gasteiger partial charge in [0.1, 0.15) is 5.92 Å². The first kappa shape index (κ1) is 14.4. The lowest BCUT2D eigenvalue weighted by molar-refractivity contribution is -0.307. The molecule has 1 atom stereocenters. The smallest absolute Gasteiger partial charge is 0.316 e. The summed E-state index contributed by atoms with van der Waals surface area (Å²) in [7, 11) is 0. The number of rotatable bonds is 0. The minimum absolute atomic E-state index is 0.714. The SMILES string of the molecule is N#CC1CN2C=CC=NC2=NC1(C(F)(F)F)C(F)(F)F. The lowest BCUT2D eigenvalue weighted by Crippen LogP contribution is -2.65. The van der Waals surface area contributed by atoms with Crippen LogP contribution in [0.25, 0.3) is 0 Å². The highest BCUT2D eigenvalue weighted by molar-refractivity contribution is 5.95. The van der Waals surface area contributed by atoms with E-state index in [9.17, 15) is 26.3 Å². The second-order valence-corrected chi connectivity index (χ2v) is 4.13. The highest BCUT2D eigenvalue weighted by Gasteiger charge is 2.76. The normalized spacial score (nSPS) is 24.9. The van der Waals surface area contributed by atoms with Gasteiger partial charge in [-0.15, -0.1) is 0 Å². The third kappa shape index (κ3) is 1.85. The van der Waals surface area contributed by atoms with Crippen LogP contribution in [0.4, 0.5) is 26.3 Å². The molecule has 1 unspecified atom stereocenters. The number of aliphatic imine (C=N–C) groups is 2. The Kier molecular flexibility index (Phi) is 3.03. The largest absolute Gasteiger partial charge is 0.424 e. The van der Waals surface area contributed by atoms with Gasteiger partial charge in [0.25, 0.3) is 5.54 Å². The second kappa shape index (κ2) is 4.22. The van der Waals surface area contributed by atoms with Crippen LogP contribution in [0.3, 0.4) is 0 Å². The molecule has 0 radical (unpaired) electrons. The van der Waals surface area contributed by atoms with E-state index in [1.807, 2.05) is 0 Å². The van der Waals surface area contributed by atoms with Crippen molar-refractivity contribution in [3.8, 4) is 6.07 Å². The summed E-state index contributed by atoms with van der Waals surface area (Å²) in [6.45, 7) is -0.789. The van der Waals surface area contributed by atoms with E-state index in [1.165, 1.54) is 12.3 Å². The first-order chi connectivity index (χ1) is 9.13. The van der Waals surface area contributed by atoms with Gasteiger partial charge in [-0.1, -0.05) is 0 Å². The molecule has 2 aliphatic heterocycles. The zero-order chi connectivity index (χ0) is 15.2. The fourth-order valence-corrected chi connectivity index (χ4v) is 2.01. The molecule has 0 fully saturated rings. The fraction of sp³-hybridized carbons (Fsp3) is 0.500. The molecule has 0 amide bonds. The van der Waals surface area contributed by atoms with Crippen molar-refractivity contribution in [2.24, 2.45) is 15.9 Å². The molecule has 4 nitrogen and oxygen atoms in total. The van der Waals surface area contributed by atoms with Crippen LogP contribution < -0.4 is 0 Å². The molecule has 0 aromatic heterocycles. The molecule has 0 aromatic rings. The maximum absolute atomic E-state index is 13.0. The Morgan fingerprint density at radius 2 is 1.85 bits per heavy atom. The third-order valence-corrected chi connectivity index (χ3v) is 2.98. The van der Waals surface area contributed by atoms with Gasteiger partial charge < -0.3 is 4.90 Å². The summed E-state index contributed by atoms with van der Waals surface area (Å²) >= 11 is 0. The molecule has 0 aliphatic carbocycles. The fourth-order valence-electron chi connectivity index (χ4n) is 2.01. The van der Waals surface area contributed by atoms with Crippen LogP contribution in [-0.4, -0.2) is 41.5 Å². The Labute approximate surface area is 108 Å². The molecule has 10 heteroatoms. The zero-order valence-electron chi connectivity index (χ0n) is 9.57. The molecule has 0 spiro atoms. The Balaban J connectivity index is 2.68. The molecule has 108 valence electrons. The summed E-state index contributed by atoms with van der Waals surface area (Å²) in [5, 5.41) is 8.74. The van der Waals surface area contributed by atoms with Crippen LogP contribution >= 0.6 is 0 Å². The van der Waals surface area contributed by atoms with Crippen molar-refractivity contribution >= 4 is 12.2 Å². The van der Waals surface area contributed by atoms with Crippen molar-refractivity contribution in [2.45, 2.75) is 17.9 Å². The minimum atomic E-state index is -5.75. The summed E-state index contributed by atoms with van der Waals surface area (Å²) in [6.07, 6.45) is -7.93. The number of fused-ring (bicyclic) bond motifs is 1. The van der Waals surface area contributed by atoms with Gasteiger partial charge in [-0.25, -0.2) is 9.98 Å². The van der Waals surface area contributed by atoms with E-state index in [0.717, 1.165) is 17.2 Å². The van der Waals surface area contributed by atoms with E-state index in [4.69, 9.17) is 5.26 Å². The number of halogens is 6. The van der Waals surface area contributed by atoms with Crippen LogP contribution in [0.5, 0.6) is 0 Å². The summed E-state index contributed by atoms with van der Waals surface area (Å²) < 4.78 is 78.1. The minimum Gasteiger partial charge on any atom is -0.316 e. The van der Waals surface area contributed by atoms with Crippen LogP contribution in [0.15, 0.2) is 22.3 Å². The van der Waals surface area contributed by atoms with Gasteiger partial charge in [0, 0.05) is 19.0 Å². The molecule has 2 heterocycles. The van der Waals surface area contributed by atoms with Crippen LogP contribution in [0.2, 0.25) is 0 Å². The maximum atomic E-state index is 13.0. The molecular formula is C10H6F6N4. The first-order valence-electron chi connectivity index (χ1n) is 5.24. The van der Waals surface area contributed by atoms with E-state index in [2.05, 4.69) is 9.98 Å². The number of nitrogens with zero attached hydrogens (tertiary/aromatic N) is 4. The predicted molar refractivity (Wildman–Crippen MR) is 55.7 cm³/mol. The number of alkyl halides is 6. The highest BCUT2D eigenvalue weighted by Crippen LogP contribution is 2.52. The first-order valence-corrected chi connectivity index (χ1v) is 5.24. The van der Waals surface area contributed by atoms with Gasteiger partial charge in [0.05, 0.1) is 6.07 Å². The molecular weight excluding hydrogens is 290 g/mol. The predicted octanol–water partition coefficient (Wildman–Crippen LogP) is 2.26. The zero-order valence-corrected chi connectivity index (χ0v) is 9.57. The van der Waals surface area contributed by atoms with Crippen molar-refractivity contribution < 1.29 is 26.3 Å². The Morgan fingerprint density at radius 3 is 2.35 bits per heavy atom. The molecule has 0 aromatic carbocycles. The van der Waals surface area contributed by atoms with Crippen molar-refractivity contribution in [2.75, 3.05) is 6.54 Å². The second-order valence-electron chi connectivity index (χ2n) is 4.13. The molecule has 0 saturated heterocycles. The summed E-state index contributed by atoms with van der Waals surface area (Å²) in [6, 6.07) is 1.07. The van der Waals surface area contributed by atoms with Gasteiger partial charge in [-0.3, -0.25) is 0 Å². The van der Waals surface area contributed by atoms with Gasteiger partial charge in [-0.2, -0.15) is 31.6 Å². The van der Waals surface area contributed by atoms with E-state index >= 15 is 0 Å². The maximum Gasteiger partial charge on any atom is 0.424 e. The molecule has 2 aliphatic rings. The lowest BCUT2D eigenvalue weighted by Gasteiger charge is -2.42. The van der Waals surface area contributed by atoms with Crippen LogP contribution in [-0.2, 0) is 0 Å². The summed E-state index contributed by atoms with van der Waals surface area (Å²) in [5.74, 6) is -3.13. The van der Waals surface area contributed by atoms with E-state index < -0.39 is 36.3 Å². The quantitative estimate of drug-likeness (QED) is 0.644. The number of nitriles is 1. The Hall–Kier alpha value is -2.05. The average Bonchev–Trinajstić information content (AvgIpc) is 2.34. The Bertz CT molecular complexity index is 521. The molecule has 20 heavy (non-hydrogen) atoms. The van der Waals surface area contributed by atoms with Gasteiger partial charge in [0.15, 0.2) is 0 Å². The van der Waals surface area contributed by atoms with Crippen molar-refractivity contribution in [3.05, 3.63) is 12.3 Å². The average molecular weight is 296 g/mol. The van der Waals surface area contributed by atoms with Crippen molar-refractivity contribution in [1.29, 1.82) is 5.26 Å². The number of allylic oxidation sites excluding steroid dienone is 1. The lowest BCUT2D eigenvalue weighted by atomic mass is 9.82. The van der Waals surface area contributed by atoms with Crippen molar-refractivity contribution in [1.82, 2.24) is 4.90 Å². The number of hydrogen-bond donors (Lipinski definition) is 0. The molecule has 0 saturated carbocycles. The summed E-state index contributed by atoms with van der Waals surface area (Å²) in [5.41, 5.74) is -4.46. The van der Waals surface area contributed by atoms with Crippen LogP contribution in [0.1, 0.15) is 0 Å². The highest BCUT2D eigenvalue weighted by atomic mass is 19.4. The summed E-state index contributed by atoms with van der Waals surface area (Å²) in [4.78, 5) is 7.12. The molecule has 0 N–H and O–H groups in total. The van der Waals surface area contributed by atoms with Crippen LogP contribution in [0, 0.1) is 17.2 Å². The van der Waals surface area contributed by atoms with Crippen molar-refractivity contribution in [3.63, 3.8) is 0 Å². The number of guanidine groups is 1. The molecule has 2 rings (SSSR count). The third-order valence-electron chi connectivity index (χ3n) is 2.98. The number of hydrogen-bond acceptors (Lipinski definition) is 4. The van der Waals surface area contributed by atoms with Gasteiger partial charge >= 0.3 is 12.4 Å². The van der Waals surface area contributed by atoms with E-state index in [0.29, 0.717) is 0 Å². The van der Waals surface area contributed by atoms with Gasteiger partial charge in [-0.05, 0) is 6.08 Å². The van der Waals surface area contributed by atoms with E-state index in [-0.39, 0.29) is 0 Å². The molecule has 0 bridgehead atoms. The monoisotopic (exact) mass is 296 g/mol.